The molecule has 7 heterocycles. The van der Waals surface area contributed by atoms with E-state index in [0.29, 0.717) is 42.9 Å². The number of nitrogens with zero attached hydrogens (tertiary/aromatic N) is 6. The van der Waals surface area contributed by atoms with Crippen molar-refractivity contribution in [3.63, 3.8) is 0 Å². The Balaban J connectivity index is 0.803. The highest BCUT2D eigenvalue weighted by Crippen LogP contribution is 2.34. The first-order chi connectivity index (χ1) is 26.1. The van der Waals surface area contributed by atoms with Crippen molar-refractivity contribution in [2.24, 2.45) is 5.92 Å². The van der Waals surface area contributed by atoms with E-state index in [2.05, 4.69) is 40.3 Å². The number of benzene rings is 1. The summed E-state index contributed by atoms with van der Waals surface area (Å²) in [7, 11) is 0. The summed E-state index contributed by atoms with van der Waals surface area (Å²) in [6.07, 6.45) is 4.46. The average molecular weight is 732 g/mol. The highest BCUT2D eigenvalue weighted by atomic mass is 16.2. The van der Waals surface area contributed by atoms with Crippen LogP contribution >= 0.6 is 0 Å². The van der Waals surface area contributed by atoms with Gasteiger partial charge in [-0.2, -0.15) is 0 Å². The van der Waals surface area contributed by atoms with Gasteiger partial charge in [0.25, 0.3) is 17.4 Å². The van der Waals surface area contributed by atoms with Gasteiger partial charge in [0, 0.05) is 87.7 Å². The lowest BCUT2D eigenvalue weighted by Gasteiger charge is -2.43. The summed E-state index contributed by atoms with van der Waals surface area (Å²) in [4.78, 5) is 95.5. The van der Waals surface area contributed by atoms with Gasteiger partial charge in [-0.15, -0.1) is 0 Å². The van der Waals surface area contributed by atoms with Crippen LogP contribution in [0.15, 0.2) is 59.7 Å². The molecule has 1 unspecified atom stereocenters. The predicted molar refractivity (Wildman–Crippen MR) is 199 cm³/mol. The Morgan fingerprint density at radius 2 is 1.76 bits per heavy atom. The number of rotatable bonds is 9. The predicted octanol–water partition coefficient (Wildman–Crippen LogP) is 1.40. The van der Waals surface area contributed by atoms with Crippen LogP contribution in [0.25, 0.3) is 11.0 Å². The number of aromatic amines is 1. The van der Waals surface area contributed by atoms with Crippen molar-refractivity contribution in [1.29, 1.82) is 0 Å². The van der Waals surface area contributed by atoms with E-state index in [1.165, 1.54) is 0 Å². The molecule has 8 rings (SSSR count). The third-order valence-electron chi connectivity index (χ3n) is 10.9. The van der Waals surface area contributed by atoms with Crippen LogP contribution in [-0.4, -0.2) is 106 Å². The molecule has 3 aromatic heterocycles. The largest absolute Gasteiger partial charge is 0.370 e. The molecule has 4 aliphatic heterocycles. The van der Waals surface area contributed by atoms with Gasteiger partial charge in [0.05, 0.1) is 29.3 Å². The van der Waals surface area contributed by atoms with Gasteiger partial charge >= 0.3 is 0 Å². The van der Waals surface area contributed by atoms with Gasteiger partial charge in [-0.25, -0.2) is 4.98 Å². The maximum absolute atomic E-state index is 13.4. The third-order valence-corrected chi connectivity index (χ3v) is 10.9. The number of fused-ring (bicyclic) bond motifs is 2. The van der Waals surface area contributed by atoms with Gasteiger partial charge in [0.15, 0.2) is 0 Å². The Hall–Kier alpha value is -5.96. The van der Waals surface area contributed by atoms with Crippen LogP contribution in [0.4, 0.5) is 11.4 Å². The molecule has 15 heteroatoms. The topological polar surface area (TPSA) is 181 Å². The van der Waals surface area contributed by atoms with E-state index in [-0.39, 0.29) is 36.6 Å². The highest BCUT2D eigenvalue weighted by Gasteiger charge is 2.43. The Labute approximate surface area is 310 Å². The van der Waals surface area contributed by atoms with Crippen LogP contribution in [-0.2, 0) is 33.8 Å². The fourth-order valence-electron chi connectivity index (χ4n) is 7.85. The number of H-pyrrole nitrogens is 1. The summed E-state index contributed by atoms with van der Waals surface area (Å²) in [5.74, 6) is -2.09. The van der Waals surface area contributed by atoms with Crippen molar-refractivity contribution >= 4 is 51.9 Å². The highest BCUT2D eigenvalue weighted by molar-refractivity contribution is 6.14. The molecule has 3 saturated heterocycles. The van der Waals surface area contributed by atoms with Crippen molar-refractivity contribution < 1.29 is 24.0 Å². The van der Waals surface area contributed by atoms with Crippen LogP contribution in [0.3, 0.4) is 0 Å². The van der Waals surface area contributed by atoms with Gasteiger partial charge in [0.1, 0.15) is 11.7 Å². The zero-order valence-electron chi connectivity index (χ0n) is 30.0. The van der Waals surface area contributed by atoms with Gasteiger partial charge < -0.3 is 20.1 Å². The van der Waals surface area contributed by atoms with Crippen LogP contribution in [0.1, 0.15) is 57.3 Å². The molecule has 4 aromatic rings. The number of hydrogen-bond donors (Lipinski definition) is 3. The molecule has 1 aromatic carbocycles. The first-order valence-corrected chi connectivity index (χ1v) is 18.4. The molecule has 15 nitrogen and oxygen atoms in total. The van der Waals surface area contributed by atoms with Crippen LogP contribution in [0.2, 0.25) is 0 Å². The number of amides is 5. The van der Waals surface area contributed by atoms with E-state index in [1.807, 2.05) is 37.4 Å². The van der Waals surface area contributed by atoms with Gasteiger partial charge in [-0.05, 0) is 60.4 Å². The summed E-state index contributed by atoms with van der Waals surface area (Å²) in [6.45, 7) is 7.77. The minimum absolute atomic E-state index is 0.0168. The second kappa shape index (κ2) is 14.5. The Kier molecular flexibility index (Phi) is 9.40. The number of pyridine rings is 3. The summed E-state index contributed by atoms with van der Waals surface area (Å²) in [5.41, 5.74) is 6.39. The SMILES string of the molecule is CCc1cc2ncc(CN3CCN(c4ccc(C(=O)NCC5CN(c6cccc7c6CC(=O)N(C6CCC(=O)NC6=O)C7=O)C5)nc4)CC3)cc2[nH]c1=O. The molecule has 3 fully saturated rings. The van der Waals surface area contributed by atoms with E-state index < -0.39 is 29.7 Å². The molecule has 4 aliphatic rings. The molecule has 0 spiro atoms. The Morgan fingerprint density at radius 1 is 0.944 bits per heavy atom. The number of aromatic nitrogens is 3. The van der Waals surface area contributed by atoms with E-state index in [9.17, 15) is 28.8 Å². The van der Waals surface area contributed by atoms with Crippen LogP contribution < -0.4 is 26.0 Å². The molecular weight excluding hydrogens is 690 g/mol. The molecular formula is C39H41N9O6. The number of carbonyl (C=O) groups excluding carboxylic acids is 5. The molecule has 5 amide bonds. The van der Waals surface area contributed by atoms with Crippen molar-refractivity contribution in [2.75, 3.05) is 55.6 Å². The van der Waals surface area contributed by atoms with Gasteiger partial charge in [-0.1, -0.05) is 13.0 Å². The summed E-state index contributed by atoms with van der Waals surface area (Å²) in [6, 6.07) is 11.9. The lowest BCUT2D eigenvalue weighted by molar-refractivity contribution is -0.143. The lowest BCUT2D eigenvalue weighted by atomic mass is 9.90. The standard InChI is InChI=1S/C39H41N9O6/c1-2-25-15-30-31(43-36(25)51)14-23(17-40-30)20-45-10-12-46(13-11-45)26-6-7-29(41-19-26)37(52)42-18-24-21-47(22-24)32-5-3-4-27-28(32)16-35(50)48(39(27)54)33-8-9-34(49)44-38(33)53/h3-7,14-15,17,19,24,33H,2,8-13,16,18,20-22H2,1H3,(H,42,52)(H,43,51)(H,44,49,53). The Morgan fingerprint density at radius 3 is 2.50 bits per heavy atom. The summed E-state index contributed by atoms with van der Waals surface area (Å²) in [5, 5.41) is 5.22. The lowest BCUT2D eigenvalue weighted by Crippen LogP contribution is -2.58. The first kappa shape index (κ1) is 35.1. The maximum Gasteiger partial charge on any atom is 0.269 e. The fourth-order valence-corrected chi connectivity index (χ4v) is 7.85. The van der Waals surface area contributed by atoms with E-state index >= 15 is 0 Å². The number of piperazine rings is 1. The van der Waals surface area contributed by atoms with E-state index in [1.54, 1.807) is 24.4 Å². The van der Waals surface area contributed by atoms with Crippen molar-refractivity contribution in [3.8, 4) is 0 Å². The van der Waals surface area contributed by atoms with Crippen molar-refractivity contribution in [1.82, 2.24) is 35.4 Å². The maximum atomic E-state index is 13.4. The zero-order chi connectivity index (χ0) is 37.5. The second-order valence-corrected chi connectivity index (χ2v) is 14.4. The third kappa shape index (κ3) is 6.82. The summed E-state index contributed by atoms with van der Waals surface area (Å²) >= 11 is 0. The average Bonchev–Trinajstić information content (AvgIpc) is 3.15. The van der Waals surface area contributed by atoms with E-state index in [4.69, 9.17) is 0 Å². The molecule has 0 aliphatic carbocycles. The quantitative estimate of drug-likeness (QED) is 0.212. The monoisotopic (exact) mass is 731 g/mol. The number of anilines is 2. The minimum atomic E-state index is -0.992. The molecule has 54 heavy (non-hydrogen) atoms. The zero-order valence-corrected chi connectivity index (χ0v) is 30.0. The first-order valence-electron chi connectivity index (χ1n) is 18.4. The van der Waals surface area contributed by atoms with E-state index in [0.717, 1.165) is 71.2 Å². The number of piperidine rings is 1. The van der Waals surface area contributed by atoms with Crippen molar-refractivity contribution in [2.45, 2.75) is 45.2 Å². The molecule has 0 saturated carbocycles. The molecule has 278 valence electrons. The van der Waals surface area contributed by atoms with Crippen LogP contribution in [0, 0.1) is 5.92 Å². The minimum Gasteiger partial charge on any atom is -0.370 e. The molecule has 1 atom stereocenters. The van der Waals surface area contributed by atoms with Crippen LogP contribution in [0.5, 0.6) is 0 Å². The number of nitrogens with one attached hydrogen (secondary N) is 3. The van der Waals surface area contributed by atoms with Crippen molar-refractivity contribution in [3.05, 3.63) is 93.2 Å². The number of aryl methyl sites for hydroxylation is 1. The summed E-state index contributed by atoms with van der Waals surface area (Å²) < 4.78 is 0. The number of hydrogen-bond acceptors (Lipinski definition) is 11. The smallest absolute Gasteiger partial charge is 0.269 e. The van der Waals surface area contributed by atoms with Gasteiger partial charge in [0.2, 0.25) is 17.7 Å². The molecule has 0 radical (unpaired) electrons. The number of carbonyl (C=O) groups is 5. The molecule has 3 N–H and O–H groups in total. The molecule has 0 bridgehead atoms. The second-order valence-electron chi connectivity index (χ2n) is 14.4. The normalized spacial score (nSPS) is 19.5. The fraction of sp³-hybridized carbons (Fsp3) is 0.385. The Bertz CT molecular complexity index is 2220. The number of imide groups is 2. The van der Waals surface area contributed by atoms with Gasteiger partial charge in [-0.3, -0.25) is 48.9 Å².